The highest BCUT2D eigenvalue weighted by molar-refractivity contribution is 5.73. The maximum Gasteiger partial charge on any atom is 0.314 e. The summed E-state index contributed by atoms with van der Waals surface area (Å²) in [5.41, 5.74) is 1.05. The summed E-state index contributed by atoms with van der Waals surface area (Å²) in [5.74, 6) is 0.823. The molecule has 5 heteroatoms. The lowest BCUT2D eigenvalue weighted by molar-refractivity contribution is 0.241. The molecule has 18 heavy (non-hydrogen) atoms. The summed E-state index contributed by atoms with van der Waals surface area (Å²) in [6.45, 7) is 0.899. The maximum absolute atomic E-state index is 11.3. The summed E-state index contributed by atoms with van der Waals surface area (Å²) >= 11 is 0. The number of rotatable bonds is 6. The largest absolute Gasteiger partial charge is 0.496 e. The van der Waals surface area contributed by atoms with Crippen LogP contribution < -0.4 is 15.4 Å². The van der Waals surface area contributed by atoms with E-state index in [2.05, 4.69) is 10.6 Å². The molecular weight excluding hydrogens is 230 g/mol. The first-order chi connectivity index (χ1) is 8.77. The van der Waals surface area contributed by atoms with Gasteiger partial charge < -0.3 is 15.4 Å². The summed E-state index contributed by atoms with van der Waals surface area (Å²) in [6.07, 6.45) is 1.02. The summed E-state index contributed by atoms with van der Waals surface area (Å²) < 4.78 is 5.22. The zero-order chi connectivity index (χ0) is 13.2. The summed E-state index contributed by atoms with van der Waals surface area (Å²) in [7, 11) is 1.63. The van der Waals surface area contributed by atoms with Gasteiger partial charge in [0.15, 0.2) is 0 Å². The number of ether oxygens (including phenoxy) is 1. The SMILES string of the molecule is COc1ccccc1CCNC(=O)NCCC#N. The molecule has 1 aromatic carbocycles. The highest BCUT2D eigenvalue weighted by Gasteiger charge is 2.02. The summed E-state index contributed by atoms with van der Waals surface area (Å²) in [4.78, 5) is 11.3. The molecule has 0 spiro atoms. The molecule has 5 nitrogen and oxygen atoms in total. The number of methoxy groups -OCH3 is 1. The molecule has 0 radical (unpaired) electrons. The van der Waals surface area contributed by atoms with E-state index in [0.29, 0.717) is 25.9 Å². The predicted octanol–water partition coefficient (Wildman–Crippen LogP) is 1.45. The van der Waals surface area contributed by atoms with Gasteiger partial charge in [-0.2, -0.15) is 5.26 Å². The van der Waals surface area contributed by atoms with Crippen molar-refractivity contribution >= 4 is 6.03 Å². The molecule has 0 atom stereocenters. The average Bonchev–Trinajstić information content (AvgIpc) is 2.39. The fourth-order valence-corrected chi connectivity index (χ4v) is 1.51. The lowest BCUT2D eigenvalue weighted by Gasteiger charge is -2.09. The fourth-order valence-electron chi connectivity index (χ4n) is 1.51. The molecule has 0 aliphatic rings. The third kappa shape index (κ3) is 4.74. The van der Waals surface area contributed by atoms with Gasteiger partial charge in [-0.05, 0) is 18.1 Å². The zero-order valence-electron chi connectivity index (χ0n) is 10.4. The molecule has 0 aliphatic carbocycles. The van der Waals surface area contributed by atoms with Crippen molar-refractivity contribution in [3.63, 3.8) is 0 Å². The molecule has 0 fully saturated rings. The summed E-state index contributed by atoms with van der Waals surface area (Å²) in [6, 6.07) is 9.41. The minimum atomic E-state index is -0.250. The molecule has 0 bridgehead atoms. The van der Waals surface area contributed by atoms with Crippen LogP contribution in [-0.4, -0.2) is 26.2 Å². The molecule has 0 saturated heterocycles. The fraction of sp³-hybridized carbons (Fsp3) is 0.385. The van der Waals surface area contributed by atoms with Gasteiger partial charge in [-0.1, -0.05) is 18.2 Å². The molecule has 0 saturated carbocycles. The van der Waals surface area contributed by atoms with E-state index in [9.17, 15) is 4.79 Å². The van der Waals surface area contributed by atoms with E-state index in [4.69, 9.17) is 10.00 Å². The van der Waals surface area contributed by atoms with Crippen LogP contribution in [0.25, 0.3) is 0 Å². The Morgan fingerprint density at radius 2 is 2.06 bits per heavy atom. The van der Waals surface area contributed by atoms with Crippen molar-refractivity contribution in [1.82, 2.24) is 10.6 Å². The Labute approximate surface area is 107 Å². The molecule has 0 unspecified atom stereocenters. The van der Waals surface area contributed by atoms with Crippen LogP contribution in [-0.2, 0) is 6.42 Å². The van der Waals surface area contributed by atoms with Crippen molar-refractivity contribution in [3.05, 3.63) is 29.8 Å². The molecule has 0 aliphatic heterocycles. The van der Waals surface area contributed by atoms with E-state index >= 15 is 0 Å². The van der Waals surface area contributed by atoms with Gasteiger partial charge in [0.05, 0.1) is 19.6 Å². The van der Waals surface area contributed by atoms with Crippen LogP contribution in [0.1, 0.15) is 12.0 Å². The molecule has 1 rings (SSSR count). The number of hydrogen-bond donors (Lipinski definition) is 2. The van der Waals surface area contributed by atoms with Crippen LogP contribution in [0, 0.1) is 11.3 Å². The van der Waals surface area contributed by atoms with Crippen LogP contribution in [0.2, 0.25) is 0 Å². The quantitative estimate of drug-likeness (QED) is 0.747. The molecule has 0 aromatic heterocycles. The predicted molar refractivity (Wildman–Crippen MR) is 68.3 cm³/mol. The number of para-hydroxylation sites is 1. The highest BCUT2D eigenvalue weighted by Crippen LogP contribution is 2.16. The second-order valence-electron chi connectivity index (χ2n) is 3.65. The standard InChI is InChI=1S/C13H17N3O2/c1-18-12-6-3-2-5-11(12)7-10-16-13(17)15-9-4-8-14/h2-3,5-6H,4,7,9-10H2,1H3,(H2,15,16,17). The van der Waals surface area contributed by atoms with Gasteiger partial charge in [0.1, 0.15) is 5.75 Å². The smallest absolute Gasteiger partial charge is 0.314 e. The number of carbonyl (C=O) groups is 1. The molecule has 2 N–H and O–H groups in total. The Morgan fingerprint density at radius 1 is 1.33 bits per heavy atom. The Bertz CT molecular complexity index is 426. The van der Waals surface area contributed by atoms with Crippen molar-refractivity contribution in [2.24, 2.45) is 0 Å². The average molecular weight is 247 g/mol. The maximum atomic E-state index is 11.3. The second-order valence-corrected chi connectivity index (χ2v) is 3.65. The topological polar surface area (TPSA) is 74.2 Å². The normalized spacial score (nSPS) is 9.33. The van der Waals surface area contributed by atoms with Crippen LogP contribution in [0.4, 0.5) is 4.79 Å². The lowest BCUT2D eigenvalue weighted by atomic mass is 10.1. The number of nitrogens with zero attached hydrogens (tertiary/aromatic N) is 1. The monoisotopic (exact) mass is 247 g/mol. The molecule has 96 valence electrons. The number of amides is 2. The van der Waals surface area contributed by atoms with Crippen molar-refractivity contribution in [2.75, 3.05) is 20.2 Å². The second kappa shape index (κ2) is 7.96. The van der Waals surface area contributed by atoms with Gasteiger partial charge in [0.25, 0.3) is 0 Å². The minimum absolute atomic E-state index is 0.250. The number of nitriles is 1. The highest BCUT2D eigenvalue weighted by atomic mass is 16.5. The molecule has 0 heterocycles. The number of nitrogens with one attached hydrogen (secondary N) is 2. The van der Waals surface area contributed by atoms with Gasteiger partial charge in [-0.15, -0.1) is 0 Å². The van der Waals surface area contributed by atoms with E-state index < -0.39 is 0 Å². The molecule has 2 amide bonds. The molecule has 1 aromatic rings. The Balaban J connectivity index is 2.29. The minimum Gasteiger partial charge on any atom is -0.496 e. The van der Waals surface area contributed by atoms with Crippen molar-refractivity contribution in [1.29, 1.82) is 5.26 Å². The van der Waals surface area contributed by atoms with Crippen LogP contribution in [0.3, 0.4) is 0 Å². The first-order valence-electron chi connectivity index (χ1n) is 5.78. The third-order valence-corrected chi connectivity index (χ3v) is 2.39. The number of urea groups is 1. The number of carbonyl (C=O) groups excluding carboxylic acids is 1. The number of hydrogen-bond acceptors (Lipinski definition) is 3. The van der Waals surface area contributed by atoms with Crippen LogP contribution >= 0.6 is 0 Å². The van der Waals surface area contributed by atoms with E-state index in [1.54, 1.807) is 7.11 Å². The Kier molecular flexibility index (Phi) is 6.12. The Morgan fingerprint density at radius 3 is 2.78 bits per heavy atom. The summed E-state index contributed by atoms with van der Waals surface area (Å²) in [5, 5.41) is 13.6. The first kappa shape index (κ1) is 13.8. The van der Waals surface area contributed by atoms with Crippen molar-refractivity contribution < 1.29 is 9.53 Å². The van der Waals surface area contributed by atoms with Gasteiger partial charge in [-0.25, -0.2) is 4.79 Å². The third-order valence-electron chi connectivity index (χ3n) is 2.39. The van der Waals surface area contributed by atoms with E-state index in [1.165, 1.54) is 0 Å². The van der Waals surface area contributed by atoms with Gasteiger partial charge in [0, 0.05) is 13.1 Å². The first-order valence-corrected chi connectivity index (χ1v) is 5.78. The van der Waals surface area contributed by atoms with Crippen LogP contribution in [0.5, 0.6) is 5.75 Å². The van der Waals surface area contributed by atoms with E-state index in [1.807, 2.05) is 30.3 Å². The molecular formula is C13H17N3O2. The van der Waals surface area contributed by atoms with Crippen LogP contribution in [0.15, 0.2) is 24.3 Å². The van der Waals surface area contributed by atoms with Crippen molar-refractivity contribution in [2.45, 2.75) is 12.8 Å². The Hall–Kier alpha value is -2.22. The van der Waals surface area contributed by atoms with E-state index in [-0.39, 0.29) is 6.03 Å². The zero-order valence-corrected chi connectivity index (χ0v) is 10.4. The number of benzene rings is 1. The lowest BCUT2D eigenvalue weighted by Crippen LogP contribution is -2.37. The van der Waals surface area contributed by atoms with Gasteiger partial charge in [0.2, 0.25) is 0 Å². The van der Waals surface area contributed by atoms with Crippen molar-refractivity contribution in [3.8, 4) is 11.8 Å². The van der Waals surface area contributed by atoms with Gasteiger partial charge >= 0.3 is 6.03 Å². The van der Waals surface area contributed by atoms with Gasteiger partial charge in [-0.3, -0.25) is 0 Å². The van der Waals surface area contributed by atoms with E-state index in [0.717, 1.165) is 11.3 Å².